The summed E-state index contributed by atoms with van der Waals surface area (Å²) in [5, 5.41) is 11.6. The predicted molar refractivity (Wildman–Crippen MR) is 92.6 cm³/mol. The van der Waals surface area contributed by atoms with E-state index in [2.05, 4.69) is 5.32 Å². The number of hydrogen-bond acceptors (Lipinski definition) is 4. The van der Waals surface area contributed by atoms with Gasteiger partial charge in [0.25, 0.3) is 5.91 Å². The number of carboxylic acid groups (broad SMARTS) is 1. The molecule has 2 aromatic rings. The maximum atomic E-state index is 12.2. The van der Waals surface area contributed by atoms with Crippen molar-refractivity contribution in [1.29, 1.82) is 0 Å². The predicted octanol–water partition coefficient (Wildman–Crippen LogP) is 2.49. The summed E-state index contributed by atoms with van der Waals surface area (Å²) in [6.45, 7) is 0.688. The molecule has 1 unspecified atom stereocenters. The van der Waals surface area contributed by atoms with Crippen LogP contribution in [0.3, 0.4) is 0 Å². The Bertz CT molecular complexity index is 685. The van der Waals surface area contributed by atoms with Crippen LogP contribution in [0.25, 0.3) is 0 Å². The maximum Gasteiger partial charge on any atom is 0.326 e. The van der Waals surface area contributed by atoms with Gasteiger partial charge < -0.3 is 19.9 Å². The van der Waals surface area contributed by atoms with Gasteiger partial charge >= 0.3 is 5.97 Å². The molecular formula is C19H21NO5. The second-order valence-electron chi connectivity index (χ2n) is 5.44. The quantitative estimate of drug-likeness (QED) is 0.731. The summed E-state index contributed by atoms with van der Waals surface area (Å²) in [7, 11) is 1.48. The van der Waals surface area contributed by atoms with Gasteiger partial charge in [-0.05, 0) is 29.8 Å². The van der Waals surface area contributed by atoms with E-state index in [0.717, 1.165) is 5.56 Å². The van der Waals surface area contributed by atoms with E-state index in [1.807, 2.05) is 30.3 Å². The van der Waals surface area contributed by atoms with Gasteiger partial charge in [0.1, 0.15) is 18.4 Å². The lowest BCUT2D eigenvalue weighted by molar-refractivity contribution is -0.139. The molecule has 0 fully saturated rings. The van der Waals surface area contributed by atoms with Crippen molar-refractivity contribution < 1.29 is 24.2 Å². The zero-order chi connectivity index (χ0) is 18.1. The van der Waals surface area contributed by atoms with E-state index in [1.54, 1.807) is 24.3 Å². The second kappa shape index (κ2) is 9.44. The number of ether oxygens (including phenoxy) is 2. The van der Waals surface area contributed by atoms with Crippen LogP contribution in [0.4, 0.5) is 0 Å². The first-order valence-electron chi connectivity index (χ1n) is 7.89. The third-order valence-corrected chi connectivity index (χ3v) is 3.58. The minimum absolute atomic E-state index is 0.204. The first-order chi connectivity index (χ1) is 12.1. The third-order valence-electron chi connectivity index (χ3n) is 3.58. The van der Waals surface area contributed by atoms with Crippen molar-refractivity contribution in [1.82, 2.24) is 5.32 Å². The van der Waals surface area contributed by atoms with Crippen LogP contribution in [0.15, 0.2) is 54.6 Å². The molecular weight excluding hydrogens is 322 g/mol. The minimum atomic E-state index is -1.09. The number of carbonyl (C=O) groups is 2. The lowest BCUT2D eigenvalue weighted by Gasteiger charge is -2.14. The zero-order valence-electron chi connectivity index (χ0n) is 14.0. The Hall–Kier alpha value is -2.86. The summed E-state index contributed by atoms with van der Waals surface area (Å²) in [5.74, 6) is -0.902. The average Bonchev–Trinajstić information content (AvgIpc) is 2.64. The molecule has 132 valence electrons. The number of carboxylic acids is 1. The summed E-state index contributed by atoms with van der Waals surface area (Å²) >= 11 is 0. The molecule has 6 nitrogen and oxygen atoms in total. The monoisotopic (exact) mass is 343 g/mol. The average molecular weight is 343 g/mol. The van der Waals surface area contributed by atoms with Gasteiger partial charge in [-0.15, -0.1) is 0 Å². The molecule has 2 aromatic carbocycles. The van der Waals surface area contributed by atoms with Gasteiger partial charge in [0.05, 0.1) is 0 Å². The van der Waals surface area contributed by atoms with Crippen molar-refractivity contribution in [3.63, 3.8) is 0 Å². The second-order valence-corrected chi connectivity index (χ2v) is 5.44. The summed E-state index contributed by atoms with van der Waals surface area (Å²) in [6.07, 6.45) is 0.204. The number of carbonyl (C=O) groups excluding carboxylic acids is 1. The SMILES string of the molecule is COCCC(NC(=O)c1ccc(OCc2ccccc2)cc1)C(=O)O. The van der Waals surface area contributed by atoms with Gasteiger partial charge in [0.2, 0.25) is 0 Å². The smallest absolute Gasteiger partial charge is 0.326 e. The molecule has 6 heteroatoms. The molecule has 2 N–H and O–H groups in total. The number of hydrogen-bond donors (Lipinski definition) is 2. The topological polar surface area (TPSA) is 84.9 Å². The van der Waals surface area contributed by atoms with Crippen LogP contribution in [0, 0.1) is 0 Å². The van der Waals surface area contributed by atoms with Crippen LogP contribution in [0.1, 0.15) is 22.3 Å². The van der Waals surface area contributed by atoms with E-state index >= 15 is 0 Å². The fraction of sp³-hybridized carbons (Fsp3) is 0.263. The number of nitrogens with one attached hydrogen (secondary N) is 1. The van der Waals surface area contributed by atoms with E-state index in [1.165, 1.54) is 7.11 Å². The maximum absolute atomic E-state index is 12.2. The Kier molecular flexibility index (Phi) is 6.98. The minimum Gasteiger partial charge on any atom is -0.489 e. The Morgan fingerprint density at radius 2 is 1.76 bits per heavy atom. The Morgan fingerprint density at radius 1 is 1.08 bits per heavy atom. The molecule has 0 heterocycles. The first kappa shape index (κ1) is 18.5. The normalized spacial score (nSPS) is 11.6. The molecule has 25 heavy (non-hydrogen) atoms. The lowest BCUT2D eigenvalue weighted by Crippen LogP contribution is -2.41. The largest absolute Gasteiger partial charge is 0.489 e. The molecule has 1 atom stereocenters. The van der Waals surface area contributed by atoms with Crippen LogP contribution in [0.2, 0.25) is 0 Å². The number of aliphatic carboxylic acids is 1. The summed E-state index contributed by atoms with van der Waals surface area (Å²) < 4.78 is 10.5. The Morgan fingerprint density at radius 3 is 2.36 bits per heavy atom. The van der Waals surface area contributed by atoms with Gasteiger partial charge in [-0.3, -0.25) is 4.79 Å². The van der Waals surface area contributed by atoms with Crippen molar-refractivity contribution in [2.24, 2.45) is 0 Å². The highest BCUT2D eigenvalue weighted by atomic mass is 16.5. The van der Waals surface area contributed by atoms with Gasteiger partial charge in [0.15, 0.2) is 0 Å². The number of methoxy groups -OCH3 is 1. The van der Waals surface area contributed by atoms with Gasteiger partial charge in [-0.2, -0.15) is 0 Å². The molecule has 0 bridgehead atoms. The van der Waals surface area contributed by atoms with Crippen LogP contribution >= 0.6 is 0 Å². The van der Waals surface area contributed by atoms with Gasteiger partial charge in [-0.1, -0.05) is 30.3 Å². The molecule has 0 saturated carbocycles. The highest BCUT2D eigenvalue weighted by Crippen LogP contribution is 2.14. The molecule has 0 aliphatic carbocycles. The van der Waals surface area contributed by atoms with Crippen molar-refractivity contribution in [3.05, 3.63) is 65.7 Å². The molecule has 0 saturated heterocycles. The molecule has 1 amide bonds. The molecule has 0 spiro atoms. The fourth-order valence-electron chi connectivity index (χ4n) is 2.18. The standard InChI is InChI=1S/C19H21NO5/c1-24-12-11-17(19(22)23)20-18(21)15-7-9-16(10-8-15)25-13-14-5-3-2-4-6-14/h2-10,17H,11-13H2,1H3,(H,20,21)(H,22,23). The fourth-order valence-corrected chi connectivity index (χ4v) is 2.18. The first-order valence-corrected chi connectivity index (χ1v) is 7.89. The van der Waals surface area contributed by atoms with Crippen molar-refractivity contribution >= 4 is 11.9 Å². The highest BCUT2D eigenvalue weighted by molar-refractivity contribution is 5.96. The van der Waals surface area contributed by atoms with Crippen LogP contribution < -0.4 is 10.1 Å². The molecule has 0 aromatic heterocycles. The molecule has 0 radical (unpaired) electrons. The lowest BCUT2D eigenvalue weighted by atomic mass is 10.1. The van der Waals surface area contributed by atoms with E-state index in [4.69, 9.17) is 14.6 Å². The van der Waals surface area contributed by atoms with Crippen molar-refractivity contribution in [3.8, 4) is 5.75 Å². The molecule has 0 aliphatic rings. The third kappa shape index (κ3) is 5.93. The Balaban J connectivity index is 1.91. The Labute approximate surface area is 146 Å². The highest BCUT2D eigenvalue weighted by Gasteiger charge is 2.20. The summed E-state index contributed by atoms with van der Waals surface area (Å²) in [4.78, 5) is 23.3. The molecule has 2 rings (SSSR count). The summed E-state index contributed by atoms with van der Waals surface area (Å²) in [5.41, 5.74) is 1.42. The van der Waals surface area contributed by atoms with Crippen molar-refractivity contribution in [2.45, 2.75) is 19.1 Å². The summed E-state index contributed by atoms with van der Waals surface area (Å²) in [6, 6.07) is 15.3. The van der Waals surface area contributed by atoms with E-state index in [-0.39, 0.29) is 13.0 Å². The van der Waals surface area contributed by atoms with Crippen LogP contribution in [-0.4, -0.2) is 36.7 Å². The number of amides is 1. The van der Waals surface area contributed by atoms with Crippen LogP contribution in [0.5, 0.6) is 5.75 Å². The van der Waals surface area contributed by atoms with Crippen LogP contribution in [-0.2, 0) is 16.1 Å². The molecule has 0 aliphatic heterocycles. The van der Waals surface area contributed by atoms with E-state index in [0.29, 0.717) is 17.9 Å². The van der Waals surface area contributed by atoms with E-state index in [9.17, 15) is 9.59 Å². The zero-order valence-corrected chi connectivity index (χ0v) is 14.0. The number of benzene rings is 2. The van der Waals surface area contributed by atoms with E-state index < -0.39 is 17.9 Å². The van der Waals surface area contributed by atoms with Crippen molar-refractivity contribution in [2.75, 3.05) is 13.7 Å². The number of rotatable bonds is 9. The van der Waals surface area contributed by atoms with Gasteiger partial charge in [-0.25, -0.2) is 4.79 Å². The van der Waals surface area contributed by atoms with Gasteiger partial charge in [0, 0.05) is 25.7 Å².